The van der Waals surface area contributed by atoms with Gasteiger partial charge >= 0.3 is 5.97 Å². The van der Waals surface area contributed by atoms with Gasteiger partial charge in [-0.2, -0.15) is 5.26 Å². The quantitative estimate of drug-likeness (QED) is 0.590. The second-order valence-corrected chi connectivity index (χ2v) is 7.03. The Bertz CT molecular complexity index is 1140. The lowest BCUT2D eigenvalue weighted by Crippen LogP contribution is -2.25. The summed E-state index contributed by atoms with van der Waals surface area (Å²) < 4.78 is 12.2. The molecule has 1 N–H and O–H groups in total. The molecule has 0 aliphatic heterocycles. The van der Waals surface area contributed by atoms with Crippen LogP contribution in [0.25, 0.3) is 5.69 Å². The van der Waals surface area contributed by atoms with Crippen molar-refractivity contribution in [3.05, 3.63) is 77.0 Å². The molecule has 0 unspecified atom stereocenters. The van der Waals surface area contributed by atoms with E-state index in [0.29, 0.717) is 17.1 Å². The van der Waals surface area contributed by atoms with Gasteiger partial charge in [-0.25, -0.2) is 4.79 Å². The number of nitriles is 1. The molecule has 0 aliphatic carbocycles. The first-order valence-corrected chi connectivity index (χ1v) is 9.73. The molecule has 1 heterocycles. The van der Waals surface area contributed by atoms with Gasteiger partial charge in [0.2, 0.25) is 0 Å². The van der Waals surface area contributed by atoms with Crippen LogP contribution in [0.2, 0.25) is 0 Å². The molecule has 0 atom stereocenters. The Morgan fingerprint density at radius 3 is 2.45 bits per heavy atom. The molecule has 3 aromatic rings. The minimum Gasteiger partial charge on any atom is -0.482 e. The van der Waals surface area contributed by atoms with Crippen LogP contribution in [0.3, 0.4) is 0 Å². The monoisotopic (exact) mass is 417 g/mol. The number of aromatic nitrogens is 1. The first kappa shape index (κ1) is 21.7. The summed E-state index contributed by atoms with van der Waals surface area (Å²) >= 11 is 0. The number of para-hydroxylation sites is 1. The molecular weight excluding hydrogens is 394 g/mol. The second kappa shape index (κ2) is 9.63. The zero-order valence-corrected chi connectivity index (χ0v) is 17.6. The zero-order valence-electron chi connectivity index (χ0n) is 17.6. The largest absolute Gasteiger partial charge is 0.482 e. The van der Waals surface area contributed by atoms with Crippen molar-refractivity contribution in [2.45, 2.75) is 20.8 Å². The number of ether oxygens (including phenoxy) is 2. The van der Waals surface area contributed by atoms with E-state index in [9.17, 15) is 14.9 Å². The van der Waals surface area contributed by atoms with Crippen molar-refractivity contribution in [2.24, 2.45) is 0 Å². The van der Waals surface area contributed by atoms with E-state index in [4.69, 9.17) is 9.47 Å². The van der Waals surface area contributed by atoms with E-state index >= 15 is 0 Å². The van der Waals surface area contributed by atoms with Crippen molar-refractivity contribution < 1.29 is 19.1 Å². The summed E-state index contributed by atoms with van der Waals surface area (Å²) in [6.45, 7) is 4.82. The Morgan fingerprint density at radius 1 is 1.03 bits per heavy atom. The zero-order chi connectivity index (χ0) is 22.4. The molecule has 1 amide bonds. The maximum absolute atomic E-state index is 12.5. The smallest absolute Gasteiger partial charge is 0.344 e. The minimum absolute atomic E-state index is 0.307. The van der Waals surface area contributed by atoms with E-state index in [2.05, 4.69) is 11.4 Å². The van der Waals surface area contributed by atoms with Gasteiger partial charge in [0.25, 0.3) is 5.91 Å². The van der Waals surface area contributed by atoms with Crippen LogP contribution in [-0.2, 0) is 14.3 Å². The minimum atomic E-state index is -0.664. The molecule has 0 aliphatic rings. The molecule has 158 valence electrons. The Kier molecular flexibility index (Phi) is 6.73. The highest BCUT2D eigenvalue weighted by molar-refractivity contribution is 5.94. The molecule has 0 spiro atoms. The predicted molar refractivity (Wildman–Crippen MR) is 116 cm³/mol. The third kappa shape index (κ3) is 5.11. The normalized spacial score (nSPS) is 10.3. The summed E-state index contributed by atoms with van der Waals surface area (Å²) in [5.74, 6) is -0.314. The molecule has 0 fully saturated rings. The molecule has 7 heteroatoms. The van der Waals surface area contributed by atoms with Gasteiger partial charge < -0.3 is 14.8 Å². The molecule has 3 rings (SSSR count). The number of nitrogens with one attached hydrogen (secondary N) is 1. The average molecular weight is 417 g/mol. The molecule has 0 radical (unpaired) electrons. The summed E-state index contributed by atoms with van der Waals surface area (Å²) in [7, 11) is 0. The first-order chi connectivity index (χ1) is 14.9. The van der Waals surface area contributed by atoms with Gasteiger partial charge in [-0.1, -0.05) is 30.3 Å². The topological polar surface area (TPSA) is 93.3 Å². The SMILES string of the molecule is Cc1cccc(OCC(=O)OCC(=O)Nc2c(C#N)c(C)c(C)n2-c2ccccc2)c1. The van der Waals surface area contributed by atoms with Gasteiger partial charge in [-0.3, -0.25) is 9.36 Å². The lowest BCUT2D eigenvalue weighted by Gasteiger charge is -2.13. The van der Waals surface area contributed by atoms with E-state index in [1.54, 1.807) is 16.7 Å². The lowest BCUT2D eigenvalue weighted by molar-refractivity contribution is -0.149. The Hall–Kier alpha value is -4.05. The third-order valence-corrected chi connectivity index (χ3v) is 4.81. The highest BCUT2D eigenvalue weighted by atomic mass is 16.6. The molecule has 2 aromatic carbocycles. The fourth-order valence-electron chi connectivity index (χ4n) is 3.16. The van der Waals surface area contributed by atoms with Crippen LogP contribution in [0, 0.1) is 32.1 Å². The number of carbonyl (C=O) groups is 2. The summed E-state index contributed by atoms with van der Waals surface area (Å²) in [5.41, 5.74) is 3.78. The van der Waals surface area contributed by atoms with Crippen molar-refractivity contribution in [3.8, 4) is 17.5 Å². The van der Waals surface area contributed by atoms with E-state index in [0.717, 1.165) is 22.5 Å². The highest BCUT2D eigenvalue weighted by Gasteiger charge is 2.21. The van der Waals surface area contributed by atoms with Crippen LogP contribution in [-0.4, -0.2) is 29.7 Å². The maximum atomic E-state index is 12.5. The molecule has 0 bridgehead atoms. The summed E-state index contributed by atoms with van der Waals surface area (Å²) in [6.07, 6.45) is 0. The Labute approximate surface area is 180 Å². The number of anilines is 1. The average Bonchev–Trinajstić information content (AvgIpc) is 3.00. The molecule has 0 saturated carbocycles. The number of hydrogen-bond acceptors (Lipinski definition) is 5. The highest BCUT2D eigenvalue weighted by Crippen LogP contribution is 2.29. The number of benzene rings is 2. The number of rotatable bonds is 7. The van der Waals surface area contributed by atoms with Gasteiger partial charge in [0, 0.05) is 11.4 Å². The van der Waals surface area contributed by atoms with Crippen molar-refractivity contribution in [1.29, 1.82) is 5.26 Å². The molecular formula is C24H23N3O4. The van der Waals surface area contributed by atoms with Gasteiger partial charge in [-0.05, 0) is 56.2 Å². The van der Waals surface area contributed by atoms with Crippen LogP contribution in [0.15, 0.2) is 54.6 Å². The fraction of sp³-hybridized carbons (Fsp3) is 0.208. The molecule has 7 nitrogen and oxygen atoms in total. The number of esters is 1. The summed E-state index contributed by atoms with van der Waals surface area (Å²) in [6, 6.07) is 18.8. The summed E-state index contributed by atoms with van der Waals surface area (Å²) in [4.78, 5) is 24.4. The van der Waals surface area contributed by atoms with Crippen molar-refractivity contribution in [3.63, 3.8) is 0 Å². The summed E-state index contributed by atoms with van der Waals surface area (Å²) in [5, 5.41) is 12.3. The Balaban J connectivity index is 1.66. The van der Waals surface area contributed by atoms with Crippen LogP contribution in [0.5, 0.6) is 5.75 Å². The van der Waals surface area contributed by atoms with Crippen molar-refractivity contribution >= 4 is 17.7 Å². The van der Waals surface area contributed by atoms with Gasteiger partial charge in [-0.15, -0.1) is 0 Å². The lowest BCUT2D eigenvalue weighted by atomic mass is 10.2. The molecule has 31 heavy (non-hydrogen) atoms. The number of carbonyl (C=O) groups excluding carboxylic acids is 2. The Morgan fingerprint density at radius 2 is 1.77 bits per heavy atom. The number of hydrogen-bond donors (Lipinski definition) is 1. The number of aryl methyl sites for hydroxylation is 1. The van der Waals surface area contributed by atoms with Gasteiger partial charge in [0.05, 0.1) is 5.56 Å². The van der Waals surface area contributed by atoms with Crippen LogP contribution >= 0.6 is 0 Å². The standard InChI is InChI=1S/C24H23N3O4/c1-16-8-7-11-20(12-16)30-15-23(29)31-14-22(28)26-24-21(13-25)17(2)18(3)27(24)19-9-5-4-6-10-19/h4-12H,14-15H2,1-3H3,(H,26,28). The fourth-order valence-corrected chi connectivity index (χ4v) is 3.16. The molecule has 0 saturated heterocycles. The number of amides is 1. The predicted octanol–water partition coefficient (Wildman–Crippen LogP) is 3.83. The van der Waals surface area contributed by atoms with Crippen LogP contribution in [0.4, 0.5) is 5.82 Å². The van der Waals surface area contributed by atoms with Gasteiger partial charge in [0.1, 0.15) is 17.6 Å². The first-order valence-electron chi connectivity index (χ1n) is 9.73. The van der Waals surface area contributed by atoms with Crippen molar-refractivity contribution in [2.75, 3.05) is 18.5 Å². The third-order valence-electron chi connectivity index (χ3n) is 4.81. The number of nitrogens with zero attached hydrogens (tertiary/aromatic N) is 2. The van der Waals surface area contributed by atoms with E-state index in [1.807, 2.05) is 63.2 Å². The van der Waals surface area contributed by atoms with Crippen LogP contribution in [0.1, 0.15) is 22.4 Å². The molecule has 1 aromatic heterocycles. The second-order valence-electron chi connectivity index (χ2n) is 7.03. The van der Waals surface area contributed by atoms with Gasteiger partial charge in [0.15, 0.2) is 13.2 Å². The van der Waals surface area contributed by atoms with Crippen molar-refractivity contribution in [1.82, 2.24) is 4.57 Å². The maximum Gasteiger partial charge on any atom is 0.344 e. The van der Waals surface area contributed by atoms with E-state index in [-0.39, 0.29) is 6.61 Å². The van der Waals surface area contributed by atoms with E-state index < -0.39 is 18.5 Å². The van der Waals surface area contributed by atoms with E-state index in [1.165, 1.54) is 0 Å². The van der Waals surface area contributed by atoms with Crippen LogP contribution < -0.4 is 10.1 Å².